The zero-order valence-corrected chi connectivity index (χ0v) is 14.2. The number of amides is 1. The maximum absolute atomic E-state index is 12.0. The fraction of sp³-hybridized carbons (Fsp3) is 0.158. The molecule has 0 unspecified atom stereocenters. The van der Waals surface area contributed by atoms with Gasteiger partial charge in [-0.05, 0) is 30.0 Å². The molecule has 0 saturated carbocycles. The maximum Gasteiger partial charge on any atom is 0.253 e. The fourth-order valence-corrected chi connectivity index (χ4v) is 3.80. The second-order valence-electron chi connectivity index (χ2n) is 5.86. The Labute approximate surface area is 144 Å². The molecule has 3 heterocycles. The summed E-state index contributed by atoms with van der Waals surface area (Å²) in [6.45, 7) is 0.699. The Balaban J connectivity index is 1.69. The van der Waals surface area contributed by atoms with Crippen molar-refractivity contribution < 1.29 is 9.36 Å². The highest BCUT2D eigenvalue weighted by Gasteiger charge is 2.21. The summed E-state index contributed by atoms with van der Waals surface area (Å²) in [6.07, 6.45) is 2.91. The standard InChI is InChI=1S/C19H17N3OS/c1-22-10-8-13(11-18(22)24-14-5-3-2-4-6-14)17-12-15-16(21-17)7-9-20-19(15)23/h2-6,8,10-12H,7,9H2,1H3,(H,20,23)/p+1. The van der Waals surface area contributed by atoms with Crippen LogP contribution in [0.4, 0.5) is 0 Å². The van der Waals surface area contributed by atoms with Gasteiger partial charge in [0.2, 0.25) is 5.03 Å². The summed E-state index contributed by atoms with van der Waals surface area (Å²) in [5.74, 6) is 0.0131. The summed E-state index contributed by atoms with van der Waals surface area (Å²) in [4.78, 5) is 16.6. The van der Waals surface area contributed by atoms with E-state index in [1.165, 1.54) is 4.90 Å². The first-order valence-corrected chi connectivity index (χ1v) is 8.75. The Morgan fingerprint density at radius 2 is 1.96 bits per heavy atom. The van der Waals surface area contributed by atoms with Crippen LogP contribution in [0.3, 0.4) is 0 Å². The predicted molar refractivity (Wildman–Crippen MR) is 94.0 cm³/mol. The molecule has 0 fully saturated rings. The van der Waals surface area contributed by atoms with Crippen molar-refractivity contribution in [1.29, 1.82) is 0 Å². The van der Waals surface area contributed by atoms with E-state index in [4.69, 9.17) is 0 Å². The Morgan fingerprint density at radius 3 is 2.75 bits per heavy atom. The van der Waals surface area contributed by atoms with E-state index in [0.717, 1.165) is 34.0 Å². The molecule has 0 saturated heterocycles. The first-order valence-electron chi connectivity index (χ1n) is 7.94. The number of hydrogen-bond donors (Lipinski definition) is 2. The van der Waals surface area contributed by atoms with Crippen LogP contribution in [0, 0.1) is 0 Å². The van der Waals surface area contributed by atoms with Crippen molar-refractivity contribution in [3.63, 3.8) is 0 Å². The minimum atomic E-state index is 0.0131. The summed E-state index contributed by atoms with van der Waals surface area (Å²) < 4.78 is 2.11. The van der Waals surface area contributed by atoms with E-state index < -0.39 is 0 Å². The van der Waals surface area contributed by atoms with Gasteiger partial charge >= 0.3 is 0 Å². The summed E-state index contributed by atoms with van der Waals surface area (Å²) in [6, 6.07) is 16.5. The van der Waals surface area contributed by atoms with Gasteiger partial charge in [-0.3, -0.25) is 4.79 Å². The number of carbonyl (C=O) groups is 1. The molecule has 1 aromatic carbocycles. The fourth-order valence-electron chi connectivity index (χ4n) is 2.88. The van der Waals surface area contributed by atoms with E-state index in [1.807, 2.05) is 31.3 Å². The van der Waals surface area contributed by atoms with Crippen LogP contribution in [0.1, 0.15) is 16.1 Å². The molecule has 4 nitrogen and oxygen atoms in total. The average Bonchev–Trinajstić information content (AvgIpc) is 3.03. The van der Waals surface area contributed by atoms with E-state index in [9.17, 15) is 4.79 Å². The molecule has 0 radical (unpaired) electrons. The van der Waals surface area contributed by atoms with Crippen molar-refractivity contribution in [3.05, 3.63) is 66.0 Å². The zero-order valence-electron chi connectivity index (χ0n) is 13.4. The number of aromatic nitrogens is 2. The monoisotopic (exact) mass is 336 g/mol. The lowest BCUT2D eigenvalue weighted by molar-refractivity contribution is -0.708. The number of nitrogens with zero attached hydrogens (tertiary/aromatic N) is 1. The molecule has 0 bridgehead atoms. The molecule has 0 aliphatic carbocycles. The molecule has 1 amide bonds. The lowest BCUT2D eigenvalue weighted by Gasteiger charge is -2.10. The molecule has 3 aromatic rings. The number of fused-ring (bicyclic) bond motifs is 1. The Bertz CT molecular complexity index is 902. The maximum atomic E-state index is 12.0. The molecule has 2 aromatic heterocycles. The van der Waals surface area contributed by atoms with Crippen LogP contribution in [0.15, 0.2) is 64.6 Å². The summed E-state index contributed by atoms with van der Waals surface area (Å²) in [5, 5.41) is 4.04. The molecular formula is C19H18N3OS+. The van der Waals surface area contributed by atoms with Crippen LogP contribution in [0.25, 0.3) is 11.3 Å². The molecule has 24 heavy (non-hydrogen) atoms. The number of hydrogen-bond acceptors (Lipinski definition) is 2. The summed E-state index contributed by atoms with van der Waals surface area (Å²) >= 11 is 1.73. The Morgan fingerprint density at radius 1 is 1.12 bits per heavy atom. The van der Waals surface area contributed by atoms with Crippen LogP contribution >= 0.6 is 11.8 Å². The second kappa shape index (κ2) is 6.17. The lowest BCUT2D eigenvalue weighted by Crippen LogP contribution is -2.31. The number of aromatic amines is 1. The second-order valence-corrected chi connectivity index (χ2v) is 6.95. The minimum Gasteiger partial charge on any atom is -0.358 e. The SMILES string of the molecule is C[n+]1ccc(-c2cc3c([nH]2)CCNC3=O)cc1Sc1ccccc1. The first-order chi connectivity index (χ1) is 11.7. The van der Waals surface area contributed by atoms with E-state index in [1.54, 1.807) is 11.8 Å². The van der Waals surface area contributed by atoms with Crippen molar-refractivity contribution in [2.45, 2.75) is 16.3 Å². The third-order valence-electron chi connectivity index (χ3n) is 4.19. The Hall–Kier alpha value is -2.53. The van der Waals surface area contributed by atoms with Crippen LogP contribution in [0.5, 0.6) is 0 Å². The van der Waals surface area contributed by atoms with Gasteiger partial charge in [0.25, 0.3) is 5.91 Å². The lowest BCUT2D eigenvalue weighted by atomic mass is 10.1. The smallest absolute Gasteiger partial charge is 0.253 e. The normalized spacial score (nSPS) is 13.5. The van der Waals surface area contributed by atoms with E-state index in [-0.39, 0.29) is 5.91 Å². The molecule has 4 rings (SSSR count). The van der Waals surface area contributed by atoms with E-state index >= 15 is 0 Å². The van der Waals surface area contributed by atoms with Gasteiger partial charge in [-0.1, -0.05) is 18.2 Å². The molecule has 5 heteroatoms. The molecule has 120 valence electrons. The zero-order chi connectivity index (χ0) is 16.5. The number of H-pyrrole nitrogens is 1. The van der Waals surface area contributed by atoms with Gasteiger partial charge in [0.05, 0.1) is 5.56 Å². The van der Waals surface area contributed by atoms with Gasteiger partial charge < -0.3 is 10.3 Å². The van der Waals surface area contributed by atoms with Crippen molar-refractivity contribution in [1.82, 2.24) is 10.3 Å². The van der Waals surface area contributed by atoms with Gasteiger partial charge in [0.1, 0.15) is 7.05 Å². The van der Waals surface area contributed by atoms with E-state index in [2.05, 4.69) is 45.3 Å². The van der Waals surface area contributed by atoms with Crippen molar-refractivity contribution in [2.75, 3.05) is 6.54 Å². The number of rotatable bonds is 3. The van der Waals surface area contributed by atoms with Crippen molar-refractivity contribution in [2.24, 2.45) is 7.05 Å². The van der Waals surface area contributed by atoms with Gasteiger partial charge in [-0.25, -0.2) is 0 Å². The Kier molecular flexibility index (Phi) is 3.86. The number of carbonyl (C=O) groups excluding carboxylic acids is 1. The third kappa shape index (κ3) is 2.83. The van der Waals surface area contributed by atoms with Crippen LogP contribution < -0.4 is 9.88 Å². The minimum absolute atomic E-state index is 0.0131. The van der Waals surface area contributed by atoms with Crippen LogP contribution in [0.2, 0.25) is 0 Å². The van der Waals surface area contributed by atoms with Crippen LogP contribution in [-0.4, -0.2) is 17.4 Å². The molecule has 1 aliphatic heterocycles. The van der Waals surface area contributed by atoms with Crippen LogP contribution in [-0.2, 0) is 13.5 Å². The first kappa shape index (κ1) is 15.0. The van der Waals surface area contributed by atoms with E-state index in [0.29, 0.717) is 6.54 Å². The molecule has 2 N–H and O–H groups in total. The van der Waals surface area contributed by atoms with Gasteiger partial charge in [0, 0.05) is 46.9 Å². The average molecular weight is 336 g/mol. The molecule has 0 atom stereocenters. The largest absolute Gasteiger partial charge is 0.358 e. The third-order valence-corrected chi connectivity index (χ3v) is 5.31. The quantitative estimate of drug-likeness (QED) is 0.723. The number of nitrogens with one attached hydrogen (secondary N) is 2. The van der Waals surface area contributed by atoms with Gasteiger partial charge in [-0.15, -0.1) is 0 Å². The highest BCUT2D eigenvalue weighted by Crippen LogP contribution is 2.29. The molecule has 0 spiro atoms. The molecule has 1 aliphatic rings. The van der Waals surface area contributed by atoms with Crippen molar-refractivity contribution >= 4 is 17.7 Å². The topological polar surface area (TPSA) is 48.8 Å². The predicted octanol–water partition coefficient (Wildman–Crippen LogP) is 2.94. The van der Waals surface area contributed by atoms with Crippen molar-refractivity contribution in [3.8, 4) is 11.3 Å². The summed E-state index contributed by atoms with van der Waals surface area (Å²) in [5.41, 5.74) is 3.88. The molecular weight excluding hydrogens is 318 g/mol. The number of aryl methyl sites for hydroxylation is 1. The van der Waals surface area contributed by atoms with Gasteiger partial charge in [-0.2, -0.15) is 4.57 Å². The highest BCUT2D eigenvalue weighted by atomic mass is 32.2. The number of pyridine rings is 1. The summed E-state index contributed by atoms with van der Waals surface area (Å²) in [7, 11) is 2.04. The highest BCUT2D eigenvalue weighted by molar-refractivity contribution is 7.99. The van der Waals surface area contributed by atoms with Gasteiger partial charge in [0.15, 0.2) is 6.20 Å². The number of benzene rings is 1.